The van der Waals surface area contributed by atoms with Gasteiger partial charge in [0.25, 0.3) is 0 Å². The van der Waals surface area contributed by atoms with Crippen LogP contribution in [0.4, 0.5) is 0 Å². The molecular formula is C12H16O2S. The third kappa shape index (κ3) is 2.13. The summed E-state index contributed by atoms with van der Waals surface area (Å²) in [7, 11) is 1.65. The Bertz CT molecular complexity index is 336. The highest BCUT2D eigenvalue weighted by Crippen LogP contribution is 2.41. The van der Waals surface area contributed by atoms with Crippen molar-refractivity contribution in [1.29, 1.82) is 0 Å². The Balaban J connectivity index is 2.22. The van der Waals surface area contributed by atoms with Crippen LogP contribution in [0.3, 0.4) is 0 Å². The second-order valence-corrected chi connectivity index (χ2v) is 5.51. The van der Waals surface area contributed by atoms with Crippen molar-refractivity contribution in [2.75, 3.05) is 12.9 Å². The second kappa shape index (κ2) is 4.06. The number of rotatable bonds is 2. The maximum Gasteiger partial charge on any atom is 0.118 e. The minimum Gasteiger partial charge on any atom is -0.497 e. The van der Waals surface area contributed by atoms with Gasteiger partial charge in [-0.15, -0.1) is 0 Å². The first-order chi connectivity index (χ1) is 7.14. The summed E-state index contributed by atoms with van der Waals surface area (Å²) >= 11 is 1.83. The van der Waals surface area contributed by atoms with Crippen LogP contribution in [0, 0.1) is 0 Å². The highest BCUT2D eigenvalue weighted by atomic mass is 32.2. The lowest BCUT2D eigenvalue weighted by molar-refractivity contribution is 0.0612. The van der Waals surface area contributed by atoms with Gasteiger partial charge in [-0.25, -0.2) is 0 Å². The van der Waals surface area contributed by atoms with E-state index in [-0.39, 0.29) is 0 Å². The van der Waals surface area contributed by atoms with E-state index in [1.807, 2.05) is 36.0 Å². The van der Waals surface area contributed by atoms with E-state index in [4.69, 9.17) is 4.74 Å². The van der Waals surface area contributed by atoms with Crippen molar-refractivity contribution in [3.63, 3.8) is 0 Å². The van der Waals surface area contributed by atoms with Gasteiger partial charge in [0.1, 0.15) is 5.75 Å². The normalized spacial score (nSPS) is 30.5. The summed E-state index contributed by atoms with van der Waals surface area (Å²) in [6.45, 7) is 2.16. The summed E-state index contributed by atoms with van der Waals surface area (Å²) in [6.07, 6.45) is 0.837. The fraction of sp³-hybridized carbons (Fsp3) is 0.500. The van der Waals surface area contributed by atoms with Crippen LogP contribution in [0.25, 0.3) is 0 Å². The molecule has 2 nitrogen and oxygen atoms in total. The molecule has 1 fully saturated rings. The average Bonchev–Trinajstić information content (AvgIpc) is 2.60. The molecular weight excluding hydrogens is 208 g/mol. The van der Waals surface area contributed by atoms with Gasteiger partial charge < -0.3 is 9.84 Å². The summed E-state index contributed by atoms with van der Waals surface area (Å²) in [4.78, 5) is 0. The van der Waals surface area contributed by atoms with Gasteiger partial charge in [-0.3, -0.25) is 0 Å². The van der Waals surface area contributed by atoms with Crippen molar-refractivity contribution < 1.29 is 9.84 Å². The molecule has 0 amide bonds. The molecule has 2 atom stereocenters. The van der Waals surface area contributed by atoms with Crippen molar-refractivity contribution in [2.24, 2.45) is 0 Å². The molecule has 3 heteroatoms. The Morgan fingerprint density at radius 1 is 1.40 bits per heavy atom. The molecule has 0 radical (unpaired) electrons. The van der Waals surface area contributed by atoms with E-state index in [0.29, 0.717) is 5.25 Å². The Labute approximate surface area is 94.6 Å². The predicted molar refractivity (Wildman–Crippen MR) is 63.4 cm³/mol. The minimum atomic E-state index is -0.643. The van der Waals surface area contributed by atoms with Crippen molar-refractivity contribution >= 4 is 11.8 Å². The number of hydrogen-bond donors (Lipinski definition) is 1. The molecule has 0 bridgehead atoms. The molecule has 1 aromatic rings. The van der Waals surface area contributed by atoms with Gasteiger partial charge in [-0.2, -0.15) is 11.8 Å². The lowest BCUT2D eigenvalue weighted by Gasteiger charge is -2.22. The number of benzene rings is 1. The van der Waals surface area contributed by atoms with Crippen LogP contribution in [0.1, 0.15) is 18.9 Å². The number of ether oxygens (including phenoxy) is 1. The number of hydrogen-bond acceptors (Lipinski definition) is 3. The summed E-state index contributed by atoms with van der Waals surface area (Å²) in [5.41, 5.74) is 0.358. The fourth-order valence-corrected chi connectivity index (χ4v) is 3.21. The van der Waals surface area contributed by atoms with Gasteiger partial charge in [0.2, 0.25) is 0 Å². The van der Waals surface area contributed by atoms with Gasteiger partial charge in [0.15, 0.2) is 0 Å². The Morgan fingerprint density at radius 2 is 2.07 bits per heavy atom. The molecule has 1 saturated heterocycles. The first-order valence-electron chi connectivity index (χ1n) is 5.12. The molecule has 0 saturated carbocycles. The fourth-order valence-electron chi connectivity index (χ4n) is 1.98. The van der Waals surface area contributed by atoms with E-state index in [9.17, 15) is 5.11 Å². The monoisotopic (exact) mass is 224 g/mol. The first kappa shape index (κ1) is 10.8. The number of aliphatic hydroxyl groups is 1. The topological polar surface area (TPSA) is 29.5 Å². The third-order valence-corrected chi connectivity index (χ3v) is 4.24. The maximum atomic E-state index is 10.4. The van der Waals surface area contributed by atoms with E-state index in [0.717, 1.165) is 23.5 Å². The smallest absolute Gasteiger partial charge is 0.118 e. The van der Waals surface area contributed by atoms with Crippen LogP contribution < -0.4 is 4.74 Å². The van der Waals surface area contributed by atoms with Crippen molar-refractivity contribution in [3.05, 3.63) is 29.8 Å². The van der Waals surface area contributed by atoms with Gasteiger partial charge in [0, 0.05) is 11.0 Å². The van der Waals surface area contributed by atoms with Gasteiger partial charge in [-0.05, 0) is 24.1 Å². The molecule has 2 rings (SSSR count). The second-order valence-electron chi connectivity index (χ2n) is 4.09. The van der Waals surface area contributed by atoms with Crippen LogP contribution in [0.15, 0.2) is 24.3 Å². The van der Waals surface area contributed by atoms with Crippen LogP contribution in [0.5, 0.6) is 5.75 Å². The summed E-state index contributed by atoms with van der Waals surface area (Å²) < 4.78 is 5.10. The lowest BCUT2D eigenvalue weighted by Crippen LogP contribution is -2.25. The van der Waals surface area contributed by atoms with E-state index < -0.39 is 5.60 Å². The highest BCUT2D eigenvalue weighted by Gasteiger charge is 2.37. The van der Waals surface area contributed by atoms with Crippen LogP contribution >= 0.6 is 11.8 Å². The van der Waals surface area contributed by atoms with Crippen LogP contribution in [-0.2, 0) is 5.60 Å². The molecule has 1 aliphatic heterocycles. The lowest BCUT2D eigenvalue weighted by atomic mass is 9.91. The van der Waals surface area contributed by atoms with Crippen LogP contribution in [0.2, 0.25) is 0 Å². The van der Waals surface area contributed by atoms with Gasteiger partial charge in [0.05, 0.1) is 12.7 Å². The number of methoxy groups -OCH3 is 1. The number of thioether (sulfide) groups is 1. The summed E-state index contributed by atoms with van der Waals surface area (Å²) in [5.74, 6) is 1.63. The Morgan fingerprint density at radius 3 is 2.53 bits per heavy atom. The van der Waals surface area contributed by atoms with Crippen molar-refractivity contribution in [3.8, 4) is 5.75 Å². The Kier molecular flexibility index (Phi) is 2.94. The van der Waals surface area contributed by atoms with E-state index >= 15 is 0 Å². The standard InChI is InChI=1S/C12H16O2S/c1-9-7-12(13,8-15-9)10-3-5-11(14-2)6-4-10/h3-6,9,13H,7-8H2,1-2H3. The molecule has 1 N–H and O–H groups in total. The molecule has 0 aliphatic carbocycles. The summed E-state index contributed by atoms with van der Waals surface area (Å²) in [5, 5.41) is 11.0. The molecule has 2 unspecified atom stereocenters. The van der Waals surface area contributed by atoms with E-state index in [2.05, 4.69) is 6.92 Å². The highest BCUT2D eigenvalue weighted by molar-refractivity contribution is 8.00. The molecule has 0 spiro atoms. The average molecular weight is 224 g/mol. The first-order valence-corrected chi connectivity index (χ1v) is 6.17. The third-order valence-electron chi connectivity index (χ3n) is 2.86. The Hall–Kier alpha value is -0.670. The molecule has 0 aromatic heterocycles. The summed E-state index contributed by atoms with van der Waals surface area (Å²) in [6, 6.07) is 7.72. The quantitative estimate of drug-likeness (QED) is 0.836. The van der Waals surface area contributed by atoms with E-state index in [1.54, 1.807) is 7.11 Å². The molecule has 1 heterocycles. The largest absolute Gasteiger partial charge is 0.497 e. The van der Waals surface area contributed by atoms with Gasteiger partial charge >= 0.3 is 0 Å². The van der Waals surface area contributed by atoms with E-state index in [1.165, 1.54) is 0 Å². The zero-order valence-corrected chi connectivity index (χ0v) is 9.88. The van der Waals surface area contributed by atoms with Gasteiger partial charge in [-0.1, -0.05) is 19.1 Å². The molecule has 1 aromatic carbocycles. The zero-order chi connectivity index (χ0) is 10.9. The minimum absolute atomic E-state index is 0.539. The maximum absolute atomic E-state index is 10.4. The zero-order valence-electron chi connectivity index (χ0n) is 9.06. The molecule has 15 heavy (non-hydrogen) atoms. The van der Waals surface area contributed by atoms with Crippen molar-refractivity contribution in [1.82, 2.24) is 0 Å². The van der Waals surface area contributed by atoms with Crippen LogP contribution in [-0.4, -0.2) is 23.2 Å². The predicted octanol–water partition coefficient (Wildman–Crippen LogP) is 2.41. The molecule has 1 aliphatic rings. The van der Waals surface area contributed by atoms with Crippen molar-refractivity contribution in [2.45, 2.75) is 24.2 Å². The molecule has 82 valence electrons. The SMILES string of the molecule is COc1ccc(C2(O)CSC(C)C2)cc1.